The summed E-state index contributed by atoms with van der Waals surface area (Å²) in [6.07, 6.45) is 5.20. The number of piperidine rings is 1. The molecule has 17 heavy (non-hydrogen) atoms. The van der Waals surface area contributed by atoms with Crippen molar-refractivity contribution >= 4 is 17.2 Å². The van der Waals surface area contributed by atoms with Crippen LogP contribution in [-0.2, 0) is 0 Å². The molecule has 0 unspecified atom stereocenters. The van der Waals surface area contributed by atoms with Gasteiger partial charge in [0.05, 0.1) is 4.88 Å². The van der Waals surface area contributed by atoms with Gasteiger partial charge in [0.1, 0.15) is 0 Å². The monoisotopic (exact) mass is 249 g/mol. The van der Waals surface area contributed by atoms with Crippen molar-refractivity contribution in [1.29, 1.82) is 0 Å². The van der Waals surface area contributed by atoms with Crippen molar-refractivity contribution in [3.63, 3.8) is 0 Å². The second kappa shape index (κ2) is 4.13. The zero-order valence-corrected chi connectivity index (χ0v) is 11.1. The van der Waals surface area contributed by atoms with Crippen molar-refractivity contribution < 1.29 is 4.79 Å². The lowest BCUT2D eigenvalue weighted by molar-refractivity contribution is 0.0657. The summed E-state index contributed by atoms with van der Waals surface area (Å²) in [5, 5.41) is 1.98. The molecule has 1 aromatic rings. The van der Waals surface area contributed by atoms with E-state index in [1.165, 1.54) is 25.7 Å². The lowest BCUT2D eigenvalue weighted by Gasteiger charge is -2.35. The van der Waals surface area contributed by atoms with Gasteiger partial charge < -0.3 is 4.90 Å². The third kappa shape index (κ3) is 2.13. The van der Waals surface area contributed by atoms with Crippen LogP contribution in [0.5, 0.6) is 0 Å². The number of likely N-dealkylation sites (tertiary alicyclic amines) is 1. The Bertz CT molecular complexity index is 400. The molecule has 0 aromatic carbocycles. The number of rotatable bonds is 2. The predicted octanol–water partition coefficient (Wildman–Crippen LogP) is 3.40. The van der Waals surface area contributed by atoms with Gasteiger partial charge in [-0.15, -0.1) is 11.3 Å². The van der Waals surface area contributed by atoms with E-state index >= 15 is 0 Å². The maximum absolute atomic E-state index is 12.2. The van der Waals surface area contributed by atoms with E-state index in [2.05, 4.69) is 6.92 Å². The molecule has 0 atom stereocenters. The van der Waals surface area contributed by atoms with E-state index in [9.17, 15) is 4.79 Å². The number of hydrogen-bond acceptors (Lipinski definition) is 2. The van der Waals surface area contributed by atoms with Gasteiger partial charge in [0.25, 0.3) is 5.91 Å². The molecule has 3 rings (SSSR count). The molecule has 92 valence electrons. The maximum Gasteiger partial charge on any atom is 0.263 e. The number of carbonyl (C=O) groups excluding carboxylic acids is 1. The highest BCUT2D eigenvalue weighted by Gasteiger charge is 2.45. The fraction of sp³-hybridized carbons (Fsp3) is 0.643. The van der Waals surface area contributed by atoms with Crippen molar-refractivity contribution in [2.24, 2.45) is 11.3 Å². The maximum atomic E-state index is 12.2. The average molecular weight is 249 g/mol. The molecule has 2 fully saturated rings. The van der Waals surface area contributed by atoms with E-state index in [0.29, 0.717) is 5.41 Å². The molecule has 1 amide bonds. The highest BCUT2D eigenvalue weighted by Crippen LogP contribution is 2.54. The van der Waals surface area contributed by atoms with Gasteiger partial charge in [-0.2, -0.15) is 0 Å². The van der Waals surface area contributed by atoms with Crippen molar-refractivity contribution in [3.05, 3.63) is 22.4 Å². The minimum Gasteiger partial charge on any atom is -0.338 e. The van der Waals surface area contributed by atoms with Crippen molar-refractivity contribution in [3.8, 4) is 0 Å². The average Bonchev–Trinajstić information content (AvgIpc) is 2.91. The Hall–Kier alpha value is -0.830. The summed E-state index contributed by atoms with van der Waals surface area (Å²) >= 11 is 1.55. The Labute approximate surface area is 107 Å². The SMILES string of the molecule is CC1(C2CCN(C(=O)c3cccs3)CC2)CC1. The van der Waals surface area contributed by atoms with Gasteiger partial charge in [-0.1, -0.05) is 13.0 Å². The number of hydrogen-bond donors (Lipinski definition) is 0. The lowest BCUT2D eigenvalue weighted by Crippen LogP contribution is -2.39. The molecule has 1 aliphatic heterocycles. The first-order valence-electron chi connectivity index (χ1n) is 6.52. The Morgan fingerprint density at radius 2 is 2.12 bits per heavy atom. The van der Waals surface area contributed by atoms with Gasteiger partial charge >= 0.3 is 0 Å². The van der Waals surface area contributed by atoms with E-state index in [4.69, 9.17) is 0 Å². The number of thiophene rings is 1. The van der Waals surface area contributed by atoms with Crippen LogP contribution < -0.4 is 0 Å². The predicted molar refractivity (Wildman–Crippen MR) is 70.3 cm³/mol. The zero-order valence-electron chi connectivity index (χ0n) is 10.3. The lowest BCUT2D eigenvalue weighted by atomic mass is 9.83. The van der Waals surface area contributed by atoms with Crippen LogP contribution in [0.4, 0.5) is 0 Å². The second-order valence-electron chi connectivity index (χ2n) is 5.70. The standard InChI is InChI=1S/C14H19NOS/c1-14(6-7-14)11-4-8-15(9-5-11)13(16)12-3-2-10-17-12/h2-3,10-11H,4-9H2,1H3. The van der Waals surface area contributed by atoms with Gasteiger partial charge in [0.2, 0.25) is 0 Å². The molecule has 2 nitrogen and oxygen atoms in total. The normalized spacial score (nSPS) is 23.7. The van der Waals surface area contributed by atoms with Crippen molar-refractivity contribution in [1.82, 2.24) is 4.90 Å². The molecular formula is C14H19NOS. The third-order valence-electron chi connectivity index (χ3n) is 4.54. The third-order valence-corrected chi connectivity index (χ3v) is 5.40. The van der Waals surface area contributed by atoms with Crippen molar-refractivity contribution in [2.75, 3.05) is 13.1 Å². The van der Waals surface area contributed by atoms with Gasteiger partial charge in [0.15, 0.2) is 0 Å². The van der Waals surface area contributed by atoms with Gasteiger partial charge in [-0.25, -0.2) is 0 Å². The first-order chi connectivity index (χ1) is 8.19. The van der Waals surface area contributed by atoms with E-state index in [0.717, 1.165) is 23.9 Å². The zero-order chi connectivity index (χ0) is 11.9. The fourth-order valence-corrected chi connectivity index (χ4v) is 3.63. The molecule has 2 aliphatic rings. The van der Waals surface area contributed by atoms with Crippen LogP contribution in [0, 0.1) is 11.3 Å². The molecule has 1 saturated heterocycles. The Morgan fingerprint density at radius 1 is 1.41 bits per heavy atom. The summed E-state index contributed by atoms with van der Waals surface area (Å²) in [5.74, 6) is 1.09. The molecule has 3 heteroatoms. The first-order valence-corrected chi connectivity index (χ1v) is 7.40. The summed E-state index contributed by atoms with van der Waals surface area (Å²) in [5.41, 5.74) is 0.623. The van der Waals surface area contributed by atoms with Crippen LogP contribution in [0.3, 0.4) is 0 Å². The Morgan fingerprint density at radius 3 is 2.65 bits per heavy atom. The van der Waals surface area contributed by atoms with Crippen LogP contribution in [0.1, 0.15) is 42.3 Å². The van der Waals surface area contributed by atoms with E-state index in [-0.39, 0.29) is 5.91 Å². The molecule has 2 heterocycles. The molecule has 0 spiro atoms. The van der Waals surface area contributed by atoms with Crippen LogP contribution in [-0.4, -0.2) is 23.9 Å². The molecule has 1 saturated carbocycles. The highest BCUT2D eigenvalue weighted by atomic mass is 32.1. The topological polar surface area (TPSA) is 20.3 Å². The largest absolute Gasteiger partial charge is 0.338 e. The fourth-order valence-electron chi connectivity index (χ4n) is 2.94. The number of carbonyl (C=O) groups is 1. The Kier molecular flexibility index (Phi) is 2.74. The van der Waals surface area contributed by atoms with Crippen LogP contribution in [0.15, 0.2) is 17.5 Å². The minimum atomic E-state index is 0.236. The van der Waals surface area contributed by atoms with Crippen molar-refractivity contribution in [2.45, 2.75) is 32.6 Å². The molecule has 1 aliphatic carbocycles. The molecule has 1 aromatic heterocycles. The van der Waals surface area contributed by atoms with Gasteiger partial charge in [-0.3, -0.25) is 4.79 Å². The molecular weight excluding hydrogens is 230 g/mol. The van der Waals surface area contributed by atoms with E-state index < -0.39 is 0 Å². The second-order valence-corrected chi connectivity index (χ2v) is 6.65. The summed E-state index contributed by atoms with van der Waals surface area (Å²) in [6, 6.07) is 3.89. The van der Waals surface area contributed by atoms with Crippen LogP contribution in [0.2, 0.25) is 0 Å². The summed E-state index contributed by atoms with van der Waals surface area (Å²) in [7, 11) is 0. The van der Waals surface area contributed by atoms with Crippen LogP contribution >= 0.6 is 11.3 Å². The molecule has 0 radical (unpaired) electrons. The smallest absolute Gasteiger partial charge is 0.263 e. The van der Waals surface area contributed by atoms with E-state index in [1.807, 2.05) is 22.4 Å². The highest BCUT2D eigenvalue weighted by molar-refractivity contribution is 7.12. The first kappa shape index (κ1) is 11.3. The van der Waals surface area contributed by atoms with Crippen LogP contribution in [0.25, 0.3) is 0 Å². The Balaban J connectivity index is 1.60. The van der Waals surface area contributed by atoms with Gasteiger partial charge in [0, 0.05) is 13.1 Å². The van der Waals surface area contributed by atoms with Gasteiger partial charge in [-0.05, 0) is 48.5 Å². The number of nitrogens with zero attached hydrogens (tertiary/aromatic N) is 1. The van der Waals surface area contributed by atoms with E-state index in [1.54, 1.807) is 11.3 Å². The summed E-state index contributed by atoms with van der Waals surface area (Å²) in [4.78, 5) is 15.1. The number of amides is 1. The minimum absolute atomic E-state index is 0.236. The quantitative estimate of drug-likeness (QED) is 0.786. The summed E-state index contributed by atoms with van der Waals surface area (Å²) < 4.78 is 0. The molecule has 0 N–H and O–H groups in total. The molecule has 0 bridgehead atoms. The summed E-state index contributed by atoms with van der Waals surface area (Å²) in [6.45, 7) is 4.32.